The van der Waals surface area contributed by atoms with Gasteiger partial charge in [0, 0.05) is 6.04 Å². The maximum atomic E-state index is 5.72. The molecule has 0 bridgehead atoms. The number of nitrogens with zero attached hydrogens (tertiary/aromatic N) is 1. The van der Waals surface area contributed by atoms with Crippen LogP contribution in [0.5, 0.6) is 0 Å². The molecule has 0 saturated heterocycles. The van der Waals surface area contributed by atoms with Crippen LogP contribution in [0.3, 0.4) is 0 Å². The van der Waals surface area contributed by atoms with Gasteiger partial charge in [0.1, 0.15) is 5.82 Å². The summed E-state index contributed by atoms with van der Waals surface area (Å²) in [6.07, 6.45) is 7.00. The van der Waals surface area contributed by atoms with Crippen LogP contribution in [-0.4, -0.2) is 16.2 Å². The molecule has 14 heavy (non-hydrogen) atoms. The minimum atomic E-state index is 0.559. The first kappa shape index (κ1) is 9.37. The van der Waals surface area contributed by atoms with E-state index in [0.29, 0.717) is 11.9 Å². The Kier molecular flexibility index (Phi) is 2.61. The SMILES string of the molecule is CC1CCCCC1Nc1cn[nH]c1N. The fourth-order valence-corrected chi connectivity index (χ4v) is 2.14. The van der Waals surface area contributed by atoms with Gasteiger partial charge in [-0.25, -0.2) is 0 Å². The maximum absolute atomic E-state index is 5.72. The molecule has 2 unspecified atom stereocenters. The van der Waals surface area contributed by atoms with Crippen LogP contribution in [0.2, 0.25) is 0 Å². The third kappa shape index (κ3) is 1.84. The van der Waals surface area contributed by atoms with E-state index in [1.54, 1.807) is 6.20 Å². The molecule has 0 spiro atoms. The van der Waals surface area contributed by atoms with E-state index in [1.807, 2.05) is 0 Å². The molecular weight excluding hydrogens is 176 g/mol. The Hall–Kier alpha value is -1.19. The van der Waals surface area contributed by atoms with E-state index in [-0.39, 0.29) is 0 Å². The van der Waals surface area contributed by atoms with E-state index < -0.39 is 0 Å². The second-order valence-corrected chi connectivity index (χ2v) is 4.21. The van der Waals surface area contributed by atoms with Gasteiger partial charge in [0.15, 0.2) is 0 Å². The molecule has 2 rings (SSSR count). The second kappa shape index (κ2) is 3.90. The van der Waals surface area contributed by atoms with Gasteiger partial charge in [-0.3, -0.25) is 5.10 Å². The number of anilines is 2. The Morgan fingerprint density at radius 2 is 2.29 bits per heavy atom. The van der Waals surface area contributed by atoms with Crippen molar-refractivity contribution in [1.82, 2.24) is 10.2 Å². The van der Waals surface area contributed by atoms with Crippen molar-refractivity contribution < 1.29 is 0 Å². The summed E-state index contributed by atoms with van der Waals surface area (Å²) >= 11 is 0. The summed E-state index contributed by atoms with van der Waals surface area (Å²) in [6.45, 7) is 2.30. The average Bonchev–Trinajstić information content (AvgIpc) is 2.56. The number of nitrogens with one attached hydrogen (secondary N) is 2. The summed E-state index contributed by atoms with van der Waals surface area (Å²) in [5.74, 6) is 1.38. The summed E-state index contributed by atoms with van der Waals surface area (Å²) in [6, 6.07) is 0.559. The highest BCUT2D eigenvalue weighted by Gasteiger charge is 2.21. The van der Waals surface area contributed by atoms with Gasteiger partial charge >= 0.3 is 0 Å². The fourth-order valence-electron chi connectivity index (χ4n) is 2.14. The average molecular weight is 194 g/mol. The van der Waals surface area contributed by atoms with E-state index in [9.17, 15) is 0 Å². The minimum Gasteiger partial charge on any atom is -0.382 e. The van der Waals surface area contributed by atoms with Crippen LogP contribution in [0.15, 0.2) is 6.20 Å². The molecule has 2 atom stereocenters. The van der Waals surface area contributed by atoms with Gasteiger partial charge in [0.2, 0.25) is 0 Å². The lowest BCUT2D eigenvalue weighted by Crippen LogP contribution is -2.30. The molecule has 0 amide bonds. The molecule has 0 aromatic carbocycles. The maximum Gasteiger partial charge on any atom is 0.142 e. The van der Waals surface area contributed by atoms with Crippen LogP contribution in [0.4, 0.5) is 11.5 Å². The molecule has 1 aliphatic carbocycles. The number of nitrogen functional groups attached to an aromatic ring is 1. The quantitative estimate of drug-likeness (QED) is 0.674. The lowest BCUT2D eigenvalue weighted by Gasteiger charge is -2.29. The minimum absolute atomic E-state index is 0.559. The lowest BCUT2D eigenvalue weighted by atomic mass is 9.86. The fraction of sp³-hybridized carbons (Fsp3) is 0.700. The summed E-state index contributed by atoms with van der Waals surface area (Å²) < 4.78 is 0. The predicted molar refractivity (Wildman–Crippen MR) is 58.0 cm³/mol. The number of rotatable bonds is 2. The van der Waals surface area contributed by atoms with E-state index in [2.05, 4.69) is 22.4 Å². The molecule has 0 radical (unpaired) electrons. The molecule has 78 valence electrons. The number of aromatic amines is 1. The topological polar surface area (TPSA) is 66.7 Å². The van der Waals surface area contributed by atoms with Crippen LogP contribution in [0.1, 0.15) is 32.6 Å². The molecule has 1 aromatic heterocycles. The molecule has 1 heterocycles. The van der Waals surface area contributed by atoms with Crippen LogP contribution in [0, 0.1) is 5.92 Å². The first-order valence-corrected chi connectivity index (χ1v) is 5.33. The van der Waals surface area contributed by atoms with E-state index >= 15 is 0 Å². The zero-order valence-electron chi connectivity index (χ0n) is 8.59. The third-order valence-corrected chi connectivity index (χ3v) is 3.12. The highest BCUT2D eigenvalue weighted by atomic mass is 15.2. The number of hydrogen-bond acceptors (Lipinski definition) is 3. The molecule has 4 N–H and O–H groups in total. The van der Waals surface area contributed by atoms with Crippen LogP contribution in [-0.2, 0) is 0 Å². The first-order valence-electron chi connectivity index (χ1n) is 5.33. The molecule has 1 saturated carbocycles. The zero-order chi connectivity index (χ0) is 9.97. The molecule has 0 aliphatic heterocycles. The van der Waals surface area contributed by atoms with Gasteiger partial charge in [0.05, 0.1) is 11.9 Å². The number of aromatic nitrogens is 2. The Labute approximate surface area is 84.3 Å². The standard InChI is InChI=1S/C10H18N4/c1-7-4-2-3-5-8(7)13-9-6-12-14-10(9)11/h6-8,13H,2-5H2,1H3,(H3,11,12,14). The van der Waals surface area contributed by atoms with Crippen molar-refractivity contribution in [1.29, 1.82) is 0 Å². The van der Waals surface area contributed by atoms with Gasteiger partial charge < -0.3 is 11.1 Å². The lowest BCUT2D eigenvalue weighted by molar-refractivity contribution is 0.349. The summed E-state index contributed by atoms with van der Waals surface area (Å²) in [5, 5.41) is 10.1. The first-order chi connectivity index (χ1) is 6.77. The zero-order valence-corrected chi connectivity index (χ0v) is 8.59. The molecular formula is C10H18N4. The highest BCUT2D eigenvalue weighted by Crippen LogP contribution is 2.27. The predicted octanol–water partition coefficient (Wildman–Crippen LogP) is 1.98. The van der Waals surface area contributed by atoms with Crippen molar-refractivity contribution in [3.8, 4) is 0 Å². The van der Waals surface area contributed by atoms with Crippen molar-refractivity contribution in [2.24, 2.45) is 5.92 Å². The van der Waals surface area contributed by atoms with Crippen molar-refractivity contribution in [3.05, 3.63) is 6.20 Å². The van der Waals surface area contributed by atoms with Crippen LogP contribution in [0.25, 0.3) is 0 Å². The molecule has 4 heteroatoms. The Morgan fingerprint density at radius 3 is 2.93 bits per heavy atom. The molecule has 1 aromatic rings. The second-order valence-electron chi connectivity index (χ2n) is 4.21. The monoisotopic (exact) mass is 194 g/mol. The summed E-state index contributed by atoms with van der Waals surface area (Å²) in [7, 11) is 0. The summed E-state index contributed by atoms with van der Waals surface area (Å²) in [5.41, 5.74) is 6.67. The Balaban J connectivity index is 1.99. The molecule has 1 aliphatic rings. The smallest absolute Gasteiger partial charge is 0.142 e. The highest BCUT2D eigenvalue weighted by molar-refractivity contribution is 5.60. The van der Waals surface area contributed by atoms with Crippen LogP contribution >= 0.6 is 0 Å². The number of hydrogen-bond donors (Lipinski definition) is 3. The van der Waals surface area contributed by atoms with E-state index in [4.69, 9.17) is 5.73 Å². The van der Waals surface area contributed by atoms with Gasteiger partial charge in [-0.05, 0) is 18.8 Å². The molecule has 1 fully saturated rings. The van der Waals surface area contributed by atoms with Crippen molar-refractivity contribution >= 4 is 11.5 Å². The van der Waals surface area contributed by atoms with Crippen LogP contribution < -0.4 is 11.1 Å². The number of H-pyrrole nitrogens is 1. The van der Waals surface area contributed by atoms with Gasteiger partial charge in [0.25, 0.3) is 0 Å². The normalized spacial score (nSPS) is 27.5. The van der Waals surface area contributed by atoms with E-state index in [1.165, 1.54) is 25.7 Å². The third-order valence-electron chi connectivity index (χ3n) is 3.12. The van der Waals surface area contributed by atoms with Crippen molar-refractivity contribution in [2.45, 2.75) is 38.6 Å². The van der Waals surface area contributed by atoms with Gasteiger partial charge in [-0.2, -0.15) is 5.10 Å². The Bertz CT molecular complexity index is 294. The van der Waals surface area contributed by atoms with Crippen molar-refractivity contribution in [2.75, 3.05) is 11.1 Å². The van der Waals surface area contributed by atoms with Gasteiger partial charge in [-0.15, -0.1) is 0 Å². The van der Waals surface area contributed by atoms with Crippen molar-refractivity contribution in [3.63, 3.8) is 0 Å². The van der Waals surface area contributed by atoms with Gasteiger partial charge in [-0.1, -0.05) is 19.8 Å². The largest absolute Gasteiger partial charge is 0.382 e. The Morgan fingerprint density at radius 1 is 1.50 bits per heavy atom. The van der Waals surface area contributed by atoms with E-state index in [0.717, 1.165) is 11.6 Å². The number of nitrogens with two attached hydrogens (primary N) is 1. The molecule has 4 nitrogen and oxygen atoms in total. The summed E-state index contributed by atoms with van der Waals surface area (Å²) in [4.78, 5) is 0.